The van der Waals surface area contributed by atoms with Crippen LogP contribution in [0.4, 0.5) is 0 Å². The molecule has 0 saturated carbocycles. The molecule has 0 fully saturated rings. The van der Waals surface area contributed by atoms with Crippen molar-refractivity contribution in [3.05, 3.63) is 16.9 Å². The summed E-state index contributed by atoms with van der Waals surface area (Å²) in [7, 11) is 0. The number of aromatic nitrogens is 2. The summed E-state index contributed by atoms with van der Waals surface area (Å²) in [5.41, 5.74) is 6.91. The van der Waals surface area contributed by atoms with Gasteiger partial charge < -0.3 is 5.73 Å². The number of halogens is 1. The van der Waals surface area contributed by atoms with E-state index in [0.717, 1.165) is 12.2 Å². The quantitative estimate of drug-likeness (QED) is 0.811. The first-order valence-electron chi connectivity index (χ1n) is 4.46. The maximum absolute atomic E-state index is 5.92. The Balaban J connectivity index is 2.69. The molecule has 0 aliphatic heterocycles. The molecular weight excluding hydrogens is 186 g/mol. The lowest BCUT2D eigenvalue weighted by atomic mass is 10.1. The molecule has 13 heavy (non-hydrogen) atoms. The van der Waals surface area contributed by atoms with Gasteiger partial charge in [0.25, 0.3) is 0 Å². The monoisotopic (exact) mass is 201 g/mol. The summed E-state index contributed by atoms with van der Waals surface area (Å²) in [6.07, 6.45) is 1.66. The third kappa shape index (κ3) is 2.45. The van der Waals surface area contributed by atoms with Crippen molar-refractivity contribution in [1.29, 1.82) is 0 Å². The molecule has 0 spiro atoms. The highest BCUT2D eigenvalue weighted by Gasteiger charge is 2.11. The summed E-state index contributed by atoms with van der Waals surface area (Å²) in [4.78, 5) is 0. The second-order valence-corrected chi connectivity index (χ2v) is 4.08. The average molecular weight is 202 g/mol. The molecule has 1 atom stereocenters. The van der Waals surface area contributed by atoms with Crippen molar-refractivity contribution in [3.63, 3.8) is 0 Å². The van der Waals surface area contributed by atoms with E-state index in [1.165, 1.54) is 0 Å². The van der Waals surface area contributed by atoms with Gasteiger partial charge >= 0.3 is 0 Å². The van der Waals surface area contributed by atoms with Gasteiger partial charge in [0.2, 0.25) is 0 Å². The molecule has 0 aliphatic carbocycles. The highest BCUT2D eigenvalue weighted by molar-refractivity contribution is 6.31. The molecule has 74 valence electrons. The van der Waals surface area contributed by atoms with Gasteiger partial charge in [-0.25, -0.2) is 0 Å². The highest BCUT2D eigenvalue weighted by atomic mass is 35.5. The highest BCUT2D eigenvalue weighted by Crippen LogP contribution is 2.14. The molecule has 1 aromatic rings. The molecule has 1 rings (SSSR count). The molecule has 0 aliphatic rings. The van der Waals surface area contributed by atoms with Crippen LogP contribution in [0.3, 0.4) is 0 Å². The van der Waals surface area contributed by atoms with E-state index in [2.05, 4.69) is 18.9 Å². The van der Waals surface area contributed by atoms with Gasteiger partial charge in [-0.05, 0) is 12.8 Å². The van der Waals surface area contributed by atoms with Crippen molar-refractivity contribution < 1.29 is 0 Å². The lowest BCUT2D eigenvalue weighted by molar-refractivity contribution is 0.409. The van der Waals surface area contributed by atoms with Crippen molar-refractivity contribution in [2.24, 2.45) is 11.7 Å². The number of hydrogen-bond donors (Lipinski definition) is 1. The molecule has 0 amide bonds. The van der Waals surface area contributed by atoms with Gasteiger partial charge in [-0.3, -0.25) is 4.68 Å². The minimum atomic E-state index is 0.134. The first kappa shape index (κ1) is 10.5. The van der Waals surface area contributed by atoms with Gasteiger partial charge in [-0.2, -0.15) is 5.10 Å². The Morgan fingerprint density at radius 3 is 2.62 bits per heavy atom. The largest absolute Gasteiger partial charge is 0.326 e. The molecule has 1 heterocycles. The topological polar surface area (TPSA) is 43.8 Å². The van der Waals surface area contributed by atoms with Crippen LogP contribution >= 0.6 is 11.6 Å². The van der Waals surface area contributed by atoms with Crippen LogP contribution in [0.25, 0.3) is 0 Å². The van der Waals surface area contributed by atoms with E-state index in [0.29, 0.717) is 10.9 Å². The lowest BCUT2D eigenvalue weighted by Crippen LogP contribution is -2.32. The predicted molar refractivity (Wildman–Crippen MR) is 54.8 cm³/mol. The minimum absolute atomic E-state index is 0.134. The predicted octanol–water partition coefficient (Wildman–Crippen LogP) is 1.83. The zero-order valence-corrected chi connectivity index (χ0v) is 9.04. The summed E-state index contributed by atoms with van der Waals surface area (Å²) in [6, 6.07) is 0.134. The van der Waals surface area contributed by atoms with Crippen LogP contribution in [0.5, 0.6) is 0 Å². The fourth-order valence-electron chi connectivity index (χ4n) is 1.02. The second kappa shape index (κ2) is 4.11. The van der Waals surface area contributed by atoms with Gasteiger partial charge in [0.05, 0.1) is 23.5 Å². The molecule has 3 nitrogen and oxygen atoms in total. The minimum Gasteiger partial charge on any atom is -0.326 e. The van der Waals surface area contributed by atoms with E-state index in [1.807, 2.05) is 11.6 Å². The summed E-state index contributed by atoms with van der Waals surface area (Å²) < 4.78 is 1.85. The van der Waals surface area contributed by atoms with E-state index >= 15 is 0 Å². The fourth-order valence-corrected chi connectivity index (χ4v) is 1.16. The summed E-state index contributed by atoms with van der Waals surface area (Å²) >= 11 is 5.87. The molecule has 4 heteroatoms. The average Bonchev–Trinajstić information content (AvgIpc) is 2.36. The zero-order valence-electron chi connectivity index (χ0n) is 8.29. The Labute approximate surface area is 83.9 Å². The molecule has 2 N–H and O–H groups in total. The molecule has 0 aromatic carbocycles. The Morgan fingerprint density at radius 2 is 2.23 bits per heavy atom. The third-order valence-electron chi connectivity index (χ3n) is 2.28. The van der Waals surface area contributed by atoms with Crippen molar-refractivity contribution in [3.8, 4) is 0 Å². The van der Waals surface area contributed by atoms with E-state index in [4.69, 9.17) is 17.3 Å². The van der Waals surface area contributed by atoms with Gasteiger partial charge in [-0.1, -0.05) is 25.4 Å². The van der Waals surface area contributed by atoms with Gasteiger partial charge in [0.1, 0.15) is 0 Å². The van der Waals surface area contributed by atoms with E-state index in [-0.39, 0.29) is 6.04 Å². The summed E-state index contributed by atoms with van der Waals surface area (Å²) in [5, 5.41) is 4.85. The molecule has 1 aromatic heterocycles. The van der Waals surface area contributed by atoms with E-state index in [9.17, 15) is 0 Å². The van der Waals surface area contributed by atoms with Crippen LogP contribution in [-0.2, 0) is 6.54 Å². The van der Waals surface area contributed by atoms with E-state index < -0.39 is 0 Å². The van der Waals surface area contributed by atoms with Crippen LogP contribution in [0.2, 0.25) is 5.02 Å². The summed E-state index contributed by atoms with van der Waals surface area (Å²) in [6.45, 7) is 6.88. The number of nitrogens with zero attached hydrogens (tertiary/aromatic N) is 2. The smallest absolute Gasteiger partial charge is 0.0814 e. The van der Waals surface area contributed by atoms with Crippen molar-refractivity contribution in [1.82, 2.24) is 9.78 Å². The Bertz CT molecular complexity index is 280. The number of hydrogen-bond acceptors (Lipinski definition) is 2. The zero-order chi connectivity index (χ0) is 10.0. The normalized spacial score (nSPS) is 13.7. The Kier molecular flexibility index (Phi) is 3.33. The van der Waals surface area contributed by atoms with Crippen LogP contribution in [0.1, 0.15) is 19.5 Å². The molecule has 0 radical (unpaired) electrons. The maximum atomic E-state index is 5.92. The summed E-state index contributed by atoms with van der Waals surface area (Å²) in [5.74, 6) is 0.461. The lowest BCUT2D eigenvalue weighted by Gasteiger charge is -2.16. The molecule has 0 bridgehead atoms. The van der Waals surface area contributed by atoms with E-state index in [1.54, 1.807) is 6.20 Å². The van der Waals surface area contributed by atoms with Crippen LogP contribution in [0, 0.1) is 12.8 Å². The third-order valence-corrected chi connectivity index (χ3v) is 2.65. The molecule has 1 unspecified atom stereocenters. The Morgan fingerprint density at radius 1 is 1.62 bits per heavy atom. The molecular formula is C9H16ClN3. The van der Waals surface area contributed by atoms with Gasteiger partial charge in [-0.15, -0.1) is 0 Å². The van der Waals surface area contributed by atoms with Crippen LogP contribution in [-0.4, -0.2) is 15.8 Å². The van der Waals surface area contributed by atoms with Crippen LogP contribution in [0.15, 0.2) is 6.20 Å². The van der Waals surface area contributed by atoms with Gasteiger partial charge in [0, 0.05) is 6.04 Å². The molecule has 0 saturated heterocycles. The number of rotatable bonds is 3. The standard InChI is InChI=1S/C9H16ClN3/c1-6(2)9(11)5-13-7(3)8(10)4-12-13/h4,6,9H,5,11H2,1-3H3. The van der Waals surface area contributed by atoms with Crippen molar-refractivity contribution in [2.45, 2.75) is 33.4 Å². The fraction of sp³-hybridized carbons (Fsp3) is 0.667. The number of nitrogens with two attached hydrogens (primary N) is 1. The van der Waals surface area contributed by atoms with Gasteiger partial charge in [0.15, 0.2) is 0 Å². The maximum Gasteiger partial charge on any atom is 0.0814 e. The van der Waals surface area contributed by atoms with Crippen molar-refractivity contribution >= 4 is 11.6 Å². The van der Waals surface area contributed by atoms with Crippen LogP contribution < -0.4 is 5.73 Å². The van der Waals surface area contributed by atoms with Crippen molar-refractivity contribution in [2.75, 3.05) is 0 Å². The first-order chi connectivity index (χ1) is 6.02. The first-order valence-corrected chi connectivity index (χ1v) is 4.83. The second-order valence-electron chi connectivity index (χ2n) is 3.67. The Hall–Kier alpha value is -0.540. The SMILES string of the molecule is Cc1c(Cl)cnn1CC(N)C(C)C.